The third-order valence-electron chi connectivity index (χ3n) is 10.5. The van der Waals surface area contributed by atoms with Crippen molar-refractivity contribution in [2.75, 3.05) is 0 Å². The largest absolute Gasteiger partial charge is 0.512 e. The maximum Gasteiger partial charge on any atom is 0.218 e. The van der Waals surface area contributed by atoms with Crippen LogP contribution in [0.4, 0.5) is 0 Å². The average Bonchev–Trinajstić information content (AvgIpc) is 3.74. The second-order valence-corrected chi connectivity index (χ2v) is 14.6. The molecule has 0 atom stereocenters. The van der Waals surface area contributed by atoms with Gasteiger partial charge >= 0.3 is 0 Å². The minimum atomic E-state index is -0.181. The van der Waals surface area contributed by atoms with Crippen LogP contribution in [0.2, 0.25) is 0 Å². The van der Waals surface area contributed by atoms with Gasteiger partial charge in [-0.25, -0.2) is 0 Å². The summed E-state index contributed by atoms with van der Waals surface area (Å²) in [6.07, 6.45) is 5.90. The number of rotatable bonds is 10. The number of benzene rings is 3. The van der Waals surface area contributed by atoms with Gasteiger partial charge < -0.3 is 13.9 Å². The Balaban J connectivity index is 0.000000271. The maximum atomic E-state index is 11.7. The smallest absolute Gasteiger partial charge is 0.218 e. The molecule has 1 N–H and O–H groups in total. The molecule has 0 aliphatic heterocycles. The normalized spacial score (nSPS) is 13.5. The summed E-state index contributed by atoms with van der Waals surface area (Å²) in [5.41, 5.74) is 9.03. The van der Waals surface area contributed by atoms with Crippen molar-refractivity contribution < 1.29 is 38.8 Å². The van der Waals surface area contributed by atoms with Crippen LogP contribution in [0.1, 0.15) is 97.8 Å². The number of para-hydroxylation sites is 2. The molecule has 0 amide bonds. The summed E-state index contributed by atoms with van der Waals surface area (Å²) in [6.45, 7) is 17.2. The molecule has 7 rings (SSSR count). The summed E-state index contributed by atoms with van der Waals surface area (Å²) in [4.78, 5) is 16.7. The maximum absolute atomic E-state index is 11.7. The topological polar surface area (TPSA) is 76.5 Å². The number of hydrogen-bond acceptors (Lipinski definition) is 5. The van der Waals surface area contributed by atoms with Crippen LogP contribution in [0, 0.1) is 23.8 Å². The number of aromatic nitrogens is 1. The van der Waals surface area contributed by atoms with E-state index in [2.05, 4.69) is 76.2 Å². The monoisotopic (exact) mass is 861 g/mol. The van der Waals surface area contributed by atoms with Gasteiger partial charge in [0.25, 0.3) is 0 Å². The van der Waals surface area contributed by atoms with Gasteiger partial charge in [0.05, 0.1) is 11.5 Å². The molecule has 1 aliphatic rings. The predicted octanol–water partition coefficient (Wildman–Crippen LogP) is 12.6. The summed E-state index contributed by atoms with van der Waals surface area (Å²) in [5, 5.41) is 13.1. The summed E-state index contributed by atoms with van der Waals surface area (Å²) < 4.78 is 12.8. The Hall–Kier alpha value is -3.99. The fraction of sp³-hybridized carbons (Fsp3) is 0.378. The Kier molecular flexibility index (Phi) is 11.8. The Morgan fingerprint density at radius 3 is 2.24 bits per heavy atom. The SMILES string of the molecule is CC(C)Cc1cccc2c3c(oc12)-c1c(-c2ccc4c(n2)oc2ccccc24)[c-]ccc1C3(C)C.CCC(CC)C(=O)/C=C(\O)C(CC)CC.[Ir]. The molecule has 6 aromatic rings. The quantitative estimate of drug-likeness (QED) is 0.0843. The van der Waals surface area contributed by atoms with Gasteiger partial charge in [-0.3, -0.25) is 9.78 Å². The molecule has 0 fully saturated rings. The first-order chi connectivity index (χ1) is 24.0. The number of aliphatic hydroxyl groups excluding tert-OH is 1. The Morgan fingerprint density at radius 2 is 1.55 bits per heavy atom. The van der Waals surface area contributed by atoms with E-state index in [1.807, 2.05) is 52.0 Å². The molecule has 0 saturated carbocycles. The molecule has 3 aromatic heterocycles. The second kappa shape index (κ2) is 15.7. The van der Waals surface area contributed by atoms with Crippen molar-refractivity contribution in [3.8, 4) is 22.6 Å². The number of carbonyl (C=O) groups excluding carboxylic acids is 1. The van der Waals surface area contributed by atoms with Crippen LogP contribution in [0.15, 0.2) is 87.4 Å². The van der Waals surface area contributed by atoms with E-state index in [4.69, 9.17) is 13.8 Å². The Labute approximate surface area is 315 Å². The number of ketones is 1. The third-order valence-corrected chi connectivity index (χ3v) is 10.5. The van der Waals surface area contributed by atoms with E-state index in [0.29, 0.717) is 11.6 Å². The Bertz CT molecular complexity index is 2190. The van der Waals surface area contributed by atoms with Crippen molar-refractivity contribution in [2.24, 2.45) is 17.8 Å². The Morgan fingerprint density at radius 1 is 0.863 bits per heavy atom. The van der Waals surface area contributed by atoms with Crippen LogP contribution in [0.5, 0.6) is 0 Å². The first kappa shape index (κ1) is 38.2. The molecular formula is C45H50IrNO4-. The molecule has 0 spiro atoms. The van der Waals surface area contributed by atoms with Crippen molar-refractivity contribution in [2.45, 2.75) is 92.9 Å². The molecule has 1 aliphatic carbocycles. The first-order valence-corrected chi connectivity index (χ1v) is 18.4. The van der Waals surface area contributed by atoms with Crippen molar-refractivity contribution in [3.63, 3.8) is 0 Å². The number of carbonyl (C=O) groups is 1. The number of aliphatic hydroxyl groups is 1. The third kappa shape index (κ3) is 7.10. The van der Waals surface area contributed by atoms with Crippen LogP contribution < -0.4 is 0 Å². The summed E-state index contributed by atoms with van der Waals surface area (Å²) in [6, 6.07) is 26.5. The molecule has 0 bridgehead atoms. The molecule has 269 valence electrons. The minimum absolute atomic E-state index is 0. The minimum Gasteiger partial charge on any atom is -0.512 e. The van der Waals surface area contributed by atoms with Gasteiger partial charge in [-0.05, 0) is 55.3 Å². The van der Waals surface area contributed by atoms with Gasteiger partial charge in [0.2, 0.25) is 5.71 Å². The zero-order valence-electron chi connectivity index (χ0n) is 31.1. The zero-order valence-corrected chi connectivity index (χ0v) is 33.5. The van der Waals surface area contributed by atoms with E-state index in [1.165, 1.54) is 28.2 Å². The summed E-state index contributed by atoms with van der Waals surface area (Å²) in [5.74, 6) is 2.06. The number of pyridine rings is 1. The van der Waals surface area contributed by atoms with Crippen molar-refractivity contribution in [1.82, 2.24) is 4.98 Å². The molecule has 6 heteroatoms. The summed E-state index contributed by atoms with van der Waals surface area (Å²) in [7, 11) is 0. The summed E-state index contributed by atoms with van der Waals surface area (Å²) >= 11 is 0. The average molecular weight is 861 g/mol. The first-order valence-electron chi connectivity index (χ1n) is 18.4. The molecule has 51 heavy (non-hydrogen) atoms. The van der Waals surface area contributed by atoms with E-state index in [0.717, 1.165) is 76.6 Å². The molecule has 3 heterocycles. The van der Waals surface area contributed by atoms with Crippen LogP contribution in [-0.4, -0.2) is 15.9 Å². The van der Waals surface area contributed by atoms with E-state index in [-0.39, 0.29) is 48.9 Å². The van der Waals surface area contributed by atoms with Crippen LogP contribution in [0.3, 0.4) is 0 Å². The number of hydrogen-bond donors (Lipinski definition) is 1. The number of nitrogens with zero attached hydrogens (tertiary/aromatic N) is 1. The van der Waals surface area contributed by atoms with Gasteiger partial charge in [0.15, 0.2) is 5.78 Å². The van der Waals surface area contributed by atoms with E-state index in [9.17, 15) is 9.90 Å². The van der Waals surface area contributed by atoms with E-state index < -0.39 is 0 Å². The molecule has 1 radical (unpaired) electrons. The van der Waals surface area contributed by atoms with E-state index in [1.54, 1.807) is 0 Å². The van der Waals surface area contributed by atoms with Gasteiger partial charge in [-0.1, -0.05) is 109 Å². The molecular weight excluding hydrogens is 811 g/mol. The van der Waals surface area contributed by atoms with Crippen molar-refractivity contribution in [1.29, 1.82) is 0 Å². The molecule has 0 saturated heterocycles. The second-order valence-electron chi connectivity index (χ2n) is 14.6. The van der Waals surface area contributed by atoms with E-state index >= 15 is 0 Å². The standard InChI is InChI=1S/C32H26NO2.C13H24O2.Ir/c1-18(2)17-19-9-7-12-23-28-30(35-29(19)23)27-22(11-8-13-24(27)32(28,3)4)25-16-15-21-20-10-5-6-14-26(20)34-31(21)33-25;1-5-10(6-2)12(14)9-13(15)11(7-3)8-4;/h5-10,12-16,18H,17H2,1-4H3;9-11,14H,5-8H2,1-4H3;/q-1;;/b;12-9-;. The number of allylic oxidation sites excluding steroid dienone is 2. The fourth-order valence-electron chi connectivity index (χ4n) is 7.69. The van der Waals surface area contributed by atoms with Crippen molar-refractivity contribution >= 4 is 38.8 Å². The van der Waals surface area contributed by atoms with Gasteiger partial charge in [-0.2, -0.15) is 0 Å². The van der Waals surface area contributed by atoms with Gasteiger partial charge in [0.1, 0.15) is 11.2 Å². The van der Waals surface area contributed by atoms with Crippen molar-refractivity contribution in [3.05, 3.63) is 101 Å². The number of furan rings is 2. The molecule has 5 nitrogen and oxygen atoms in total. The molecule has 3 aromatic carbocycles. The molecule has 0 unspecified atom stereocenters. The predicted molar refractivity (Wildman–Crippen MR) is 206 cm³/mol. The van der Waals surface area contributed by atoms with Crippen LogP contribution >= 0.6 is 0 Å². The zero-order chi connectivity index (χ0) is 35.7. The van der Waals surface area contributed by atoms with Gasteiger partial charge in [-0.15, -0.1) is 29.3 Å². The van der Waals surface area contributed by atoms with Gasteiger partial charge in [0, 0.05) is 65.2 Å². The van der Waals surface area contributed by atoms with Crippen LogP contribution in [-0.2, 0) is 36.7 Å². The fourth-order valence-corrected chi connectivity index (χ4v) is 7.69. The van der Waals surface area contributed by atoms with Crippen LogP contribution in [0.25, 0.3) is 55.6 Å². The number of fused-ring (bicyclic) bond motifs is 8.